The minimum Gasteiger partial charge on any atom is -0.288 e. The summed E-state index contributed by atoms with van der Waals surface area (Å²) in [5.41, 5.74) is 3.91. The molecule has 0 radical (unpaired) electrons. The molecule has 4 nitrogen and oxygen atoms in total. The second kappa shape index (κ2) is 11.1. The number of aryl methyl sites for hydroxylation is 2. The largest absolute Gasteiger partial charge is 0.348 e. The molecule has 0 unspecified atom stereocenters. The van der Waals surface area contributed by atoms with E-state index in [0.29, 0.717) is 5.82 Å². The smallest absolute Gasteiger partial charge is 0.288 e. The number of nitrogens with one attached hydrogen (secondary N) is 1. The Balaban J connectivity index is 0.000000791. The van der Waals surface area contributed by atoms with Crippen molar-refractivity contribution in [2.24, 2.45) is 0 Å². The van der Waals surface area contributed by atoms with Gasteiger partial charge in [-0.3, -0.25) is 4.98 Å². The zero-order chi connectivity index (χ0) is 19.5. The third-order valence-corrected chi connectivity index (χ3v) is 3.79. The highest BCUT2D eigenvalue weighted by molar-refractivity contribution is 5.55. The van der Waals surface area contributed by atoms with Crippen molar-refractivity contribution in [1.82, 2.24) is 14.8 Å². The Bertz CT molecular complexity index is 846. The lowest BCUT2D eigenvalue weighted by Crippen LogP contribution is -2.15. The molecule has 0 saturated carbocycles. The number of hydrogen-bond donors (Lipinski definition) is 1. The molecule has 0 atom stereocenters. The van der Waals surface area contributed by atoms with Gasteiger partial charge in [0.1, 0.15) is 0 Å². The number of hydrogen-bond acceptors (Lipinski definition) is 2. The molecule has 1 aromatic heterocycles. The molecule has 140 valence electrons. The molecular weight excluding hydrogens is 322 g/mol. The highest BCUT2D eigenvalue weighted by Crippen LogP contribution is 2.17. The quantitative estimate of drug-likeness (QED) is 0.682. The van der Waals surface area contributed by atoms with Crippen LogP contribution in [-0.4, -0.2) is 14.8 Å². The highest BCUT2D eigenvalue weighted by atomic mass is 16.1. The first-order valence-electron chi connectivity index (χ1n) is 9.59. The van der Waals surface area contributed by atoms with Crippen LogP contribution in [0.1, 0.15) is 52.7 Å². The van der Waals surface area contributed by atoms with Gasteiger partial charge in [-0.15, -0.1) is 5.10 Å². The number of nitrogens with zero attached hydrogens (tertiary/aromatic N) is 2. The van der Waals surface area contributed by atoms with Gasteiger partial charge in [-0.2, -0.15) is 4.68 Å². The van der Waals surface area contributed by atoms with E-state index in [1.807, 2.05) is 64.1 Å². The van der Waals surface area contributed by atoms with Gasteiger partial charge >= 0.3 is 5.69 Å². The van der Waals surface area contributed by atoms with Crippen LogP contribution in [0.4, 0.5) is 0 Å². The SMILES string of the molecule is CC.CC.CCc1cccc(-c2nn(-c3cccc(CC)c3)c(=O)[nH]2)c1. The lowest BCUT2D eigenvalue weighted by molar-refractivity contribution is 0.842. The van der Waals surface area contributed by atoms with E-state index in [1.165, 1.54) is 15.8 Å². The van der Waals surface area contributed by atoms with Gasteiger partial charge in [0.05, 0.1) is 5.69 Å². The van der Waals surface area contributed by atoms with Gasteiger partial charge in [0.2, 0.25) is 0 Å². The fourth-order valence-electron chi connectivity index (χ4n) is 2.48. The summed E-state index contributed by atoms with van der Waals surface area (Å²) in [6, 6.07) is 16.0. The van der Waals surface area contributed by atoms with E-state index in [0.717, 1.165) is 24.1 Å². The predicted octanol–water partition coefficient (Wildman–Crippen LogP) is 5.40. The average Bonchev–Trinajstić information content (AvgIpc) is 3.13. The number of H-pyrrole nitrogens is 1. The Morgan fingerprint density at radius 2 is 1.46 bits per heavy atom. The van der Waals surface area contributed by atoms with Crippen molar-refractivity contribution in [1.29, 1.82) is 0 Å². The molecule has 1 N–H and O–H groups in total. The van der Waals surface area contributed by atoms with Crippen molar-refractivity contribution >= 4 is 0 Å². The summed E-state index contributed by atoms with van der Waals surface area (Å²) < 4.78 is 1.42. The summed E-state index contributed by atoms with van der Waals surface area (Å²) in [4.78, 5) is 15.1. The molecule has 2 aromatic carbocycles. The van der Waals surface area contributed by atoms with Crippen molar-refractivity contribution in [3.8, 4) is 17.1 Å². The van der Waals surface area contributed by atoms with Crippen molar-refractivity contribution in [3.63, 3.8) is 0 Å². The molecule has 3 rings (SSSR count). The summed E-state index contributed by atoms with van der Waals surface area (Å²) in [6.07, 6.45) is 1.88. The second-order valence-electron chi connectivity index (χ2n) is 5.27. The normalized spacial score (nSPS) is 9.62. The zero-order valence-electron chi connectivity index (χ0n) is 16.8. The van der Waals surface area contributed by atoms with Gasteiger partial charge in [-0.25, -0.2) is 4.79 Å². The van der Waals surface area contributed by atoms with E-state index in [1.54, 1.807) is 0 Å². The van der Waals surface area contributed by atoms with Crippen LogP contribution in [0.25, 0.3) is 17.1 Å². The van der Waals surface area contributed by atoms with Gasteiger partial charge in [0.25, 0.3) is 0 Å². The highest BCUT2D eigenvalue weighted by Gasteiger charge is 2.09. The van der Waals surface area contributed by atoms with Gasteiger partial charge in [0.15, 0.2) is 5.82 Å². The van der Waals surface area contributed by atoms with E-state index >= 15 is 0 Å². The number of aromatic nitrogens is 3. The third kappa shape index (κ3) is 5.19. The van der Waals surface area contributed by atoms with Crippen LogP contribution in [0.2, 0.25) is 0 Å². The Labute approximate surface area is 156 Å². The summed E-state index contributed by atoms with van der Waals surface area (Å²) in [7, 11) is 0. The van der Waals surface area contributed by atoms with Crippen molar-refractivity contribution in [2.45, 2.75) is 54.4 Å². The Morgan fingerprint density at radius 3 is 2.08 bits per heavy atom. The van der Waals surface area contributed by atoms with Gasteiger partial charge < -0.3 is 0 Å². The maximum absolute atomic E-state index is 12.2. The summed E-state index contributed by atoms with van der Waals surface area (Å²) in [5.74, 6) is 0.599. The number of rotatable bonds is 4. The van der Waals surface area contributed by atoms with Crippen LogP contribution in [0.3, 0.4) is 0 Å². The van der Waals surface area contributed by atoms with E-state index in [2.05, 4.69) is 36.1 Å². The van der Waals surface area contributed by atoms with Crippen LogP contribution in [-0.2, 0) is 12.8 Å². The lowest BCUT2D eigenvalue weighted by Gasteiger charge is -2.02. The number of benzene rings is 2. The monoisotopic (exact) mass is 353 g/mol. The average molecular weight is 354 g/mol. The lowest BCUT2D eigenvalue weighted by atomic mass is 10.1. The summed E-state index contributed by atoms with van der Waals surface area (Å²) in [5, 5.41) is 4.45. The third-order valence-electron chi connectivity index (χ3n) is 3.79. The standard InChI is InChI=1S/C18H19N3O.2C2H6/c1-3-13-7-5-9-15(11-13)17-19-18(22)21(20-17)16-10-6-8-14(4-2)12-16;2*1-2/h5-12H,3-4H2,1-2H3,(H,19,20,22);2*1-2H3. The maximum atomic E-state index is 12.2. The molecule has 0 amide bonds. The van der Waals surface area contributed by atoms with Gasteiger partial charge in [-0.1, -0.05) is 71.9 Å². The van der Waals surface area contributed by atoms with E-state index in [4.69, 9.17) is 0 Å². The Hall–Kier alpha value is -2.62. The van der Waals surface area contributed by atoms with Gasteiger partial charge in [0, 0.05) is 5.56 Å². The molecule has 0 saturated heterocycles. The van der Waals surface area contributed by atoms with Crippen molar-refractivity contribution in [2.75, 3.05) is 0 Å². The van der Waals surface area contributed by atoms with Crippen molar-refractivity contribution < 1.29 is 0 Å². The summed E-state index contributed by atoms with van der Waals surface area (Å²) in [6.45, 7) is 12.2. The van der Waals surface area contributed by atoms with E-state index < -0.39 is 0 Å². The Kier molecular flexibility index (Phi) is 9.13. The molecule has 1 heterocycles. The Morgan fingerprint density at radius 1 is 0.885 bits per heavy atom. The molecule has 0 aliphatic carbocycles. The molecule has 0 aliphatic rings. The first-order valence-corrected chi connectivity index (χ1v) is 9.59. The molecule has 0 fully saturated rings. The van der Waals surface area contributed by atoms with Crippen LogP contribution in [0, 0.1) is 0 Å². The minimum atomic E-state index is -0.217. The van der Waals surface area contributed by atoms with Crippen molar-refractivity contribution in [3.05, 3.63) is 70.1 Å². The summed E-state index contributed by atoms with van der Waals surface area (Å²) >= 11 is 0. The molecule has 0 bridgehead atoms. The van der Waals surface area contributed by atoms with E-state index in [-0.39, 0.29) is 5.69 Å². The molecule has 0 aliphatic heterocycles. The van der Waals surface area contributed by atoms with Crippen LogP contribution in [0.15, 0.2) is 53.3 Å². The topological polar surface area (TPSA) is 50.7 Å². The number of aromatic amines is 1. The zero-order valence-corrected chi connectivity index (χ0v) is 16.8. The fraction of sp³-hybridized carbons (Fsp3) is 0.364. The fourth-order valence-corrected chi connectivity index (χ4v) is 2.48. The van der Waals surface area contributed by atoms with Crippen LogP contribution >= 0.6 is 0 Å². The van der Waals surface area contributed by atoms with Crippen LogP contribution in [0.5, 0.6) is 0 Å². The van der Waals surface area contributed by atoms with Crippen LogP contribution < -0.4 is 5.69 Å². The second-order valence-corrected chi connectivity index (χ2v) is 5.27. The van der Waals surface area contributed by atoms with Gasteiger partial charge in [-0.05, 0) is 42.2 Å². The molecular formula is C22H31N3O. The maximum Gasteiger partial charge on any atom is 0.348 e. The predicted molar refractivity (Wildman–Crippen MR) is 111 cm³/mol. The molecule has 26 heavy (non-hydrogen) atoms. The molecule has 4 heteroatoms. The molecule has 3 aromatic rings. The first-order chi connectivity index (χ1) is 12.7. The minimum absolute atomic E-state index is 0.217. The first kappa shape index (κ1) is 21.4. The molecule has 0 spiro atoms. The van der Waals surface area contributed by atoms with E-state index in [9.17, 15) is 4.79 Å².